The van der Waals surface area contributed by atoms with E-state index in [0.717, 1.165) is 11.8 Å². The van der Waals surface area contributed by atoms with Crippen LogP contribution in [0.15, 0.2) is 16.3 Å². The van der Waals surface area contributed by atoms with Crippen molar-refractivity contribution in [1.82, 2.24) is 5.32 Å². The maximum Gasteiger partial charge on any atom is 0.419 e. The summed E-state index contributed by atoms with van der Waals surface area (Å²) >= 11 is 6.54. The first-order valence-corrected chi connectivity index (χ1v) is 6.85. The average molecular weight is 358 g/mol. The van der Waals surface area contributed by atoms with Crippen LogP contribution in [0.4, 0.5) is 22.0 Å². The number of thioether (sulfide) groups is 1. The minimum atomic E-state index is -5.07. The molecule has 22 heavy (non-hydrogen) atoms. The molecule has 1 aromatic carbocycles. The fraction of sp³-hybridized carbons (Fsp3) is 0.182. The highest BCUT2D eigenvalue weighted by Crippen LogP contribution is 2.35. The van der Waals surface area contributed by atoms with Crippen LogP contribution in [0.3, 0.4) is 0 Å². The minimum absolute atomic E-state index is 0.130. The lowest BCUT2D eigenvalue weighted by Gasteiger charge is -2.10. The number of nitrogens with one attached hydrogen (secondary N) is 1. The van der Waals surface area contributed by atoms with E-state index in [1.54, 1.807) is 0 Å². The van der Waals surface area contributed by atoms with Gasteiger partial charge in [0.25, 0.3) is 0 Å². The summed E-state index contributed by atoms with van der Waals surface area (Å²) in [7, 11) is 0. The van der Waals surface area contributed by atoms with Crippen molar-refractivity contribution < 1.29 is 26.7 Å². The van der Waals surface area contributed by atoms with Crippen LogP contribution in [0.25, 0.3) is 0 Å². The summed E-state index contributed by atoms with van der Waals surface area (Å²) in [6.07, 6.45) is -4.41. The van der Waals surface area contributed by atoms with Gasteiger partial charge in [0.1, 0.15) is 0 Å². The Kier molecular flexibility index (Phi) is 4.71. The number of benzene rings is 1. The summed E-state index contributed by atoms with van der Waals surface area (Å²) in [4.78, 5) is 10.9. The van der Waals surface area contributed by atoms with Crippen LogP contribution in [-0.4, -0.2) is 23.0 Å². The van der Waals surface area contributed by atoms with Gasteiger partial charge in [0.15, 0.2) is 16.8 Å². The number of hydrogen-bond acceptors (Lipinski definition) is 4. The standard InChI is InChI=1S/C11H5ClF5N3OS/c12-6-1-5(11(15,16)17)9(14)8(13)4(6)2-18-20-10-19-7(21)3-22-10/h1-2H,3H2,(H,19,20,21). The van der Waals surface area contributed by atoms with E-state index < -0.39 is 34.0 Å². The van der Waals surface area contributed by atoms with Crippen molar-refractivity contribution in [2.24, 2.45) is 10.2 Å². The monoisotopic (exact) mass is 357 g/mol. The Labute approximate surface area is 129 Å². The first-order chi connectivity index (χ1) is 10.2. The topological polar surface area (TPSA) is 53.8 Å². The van der Waals surface area contributed by atoms with E-state index in [9.17, 15) is 26.7 Å². The van der Waals surface area contributed by atoms with Crippen LogP contribution in [0, 0.1) is 11.6 Å². The van der Waals surface area contributed by atoms with Gasteiger partial charge >= 0.3 is 6.18 Å². The van der Waals surface area contributed by atoms with Crippen LogP contribution < -0.4 is 5.32 Å². The number of alkyl halides is 3. The Morgan fingerprint density at radius 3 is 2.55 bits per heavy atom. The van der Waals surface area contributed by atoms with Gasteiger partial charge in [0.05, 0.1) is 28.1 Å². The molecular formula is C11H5ClF5N3OS. The molecule has 1 N–H and O–H groups in total. The molecule has 4 nitrogen and oxygen atoms in total. The molecule has 1 aliphatic rings. The SMILES string of the molecule is O=C1CSC(=NN=Cc2c(Cl)cc(C(F)(F)F)c(F)c2F)N1. The van der Waals surface area contributed by atoms with Gasteiger partial charge in [-0.3, -0.25) is 4.79 Å². The Bertz CT molecular complexity index is 689. The van der Waals surface area contributed by atoms with E-state index in [1.165, 1.54) is 0 Å². The molecule has 1 aromatic rings. The van der Waals surface area contributed by atoms with E-state index in [0.29, 0.717) is 6.21 Å². The third-order valence-corrected chi connectivity index (χ3v) is 3.60. The molecule has 11 heteroatoms. The van der Waals surface area contributed by atoms with Crippen molar-refractivity contribution in [2.45, 2.75) is 6.18 Å². The summed E-state index contributed by atoms with van der Waals surface area (Å²) in [6, 6.07) is 0.264. The lowest BCUT2D eigenvalue weighted by atomic mass is 10.1. The average Bonchev–Trinajstić information content (AvgIpc) is 2.82. The highest BCUT2D eigenvalue weighted by atomic mass is 35.5. The highest BCUT2D eigenvalue weighted by molar-refractivity contribution is 8.15. The zero-order chi connectivity index (χ0) is 16.5. The summed E-state index contributed by atoms with van der Waals surface area (Å²) in [5.41, 5.74) is -2.48. The van der Waals surface area contributed by atoms with Gasteiger partial charge in [0.2, 0.25) is 5.91 Å². The van der Waals surface area contributed by atoms with Crippen LogP contribution in [0.5, 0.6) is 0 Å². The molecule has 0 atom stereocenters. The van der Waals surface area contributed by atoms with Gasteiger partial charge in [-0.1, -0.05) is 23.4 Å². The smallest absolute Gasteiger partial charge is 0.303 e. The van der Waals surface area contributed by atoms with Crippen LogP contribution in [0.1, 0.15) is 11.1 Å². The number of amidine groups is 1. The molecular weight excluding hydrogens is 353 g/mol. The lowest BCUT2D eigenvalue weighted by Crippen LogP contribution is -2.19. The predicted molar refractivity (Wildman–Crippen MR) is 72.0 cm³/mol. The van der Waals surface area contributed by atoms with E-state index >= 15 is 0 Å². The molecule has 1 aliphatic heterocycles. The third-order valence-electron chi connectivity index (χ3n) is 2.42. The first-order valence-electron chi connectivity index (χ1n) is 5.48. The molecule has 2 rings (SSSR count). The number of carbonyl (C=O) groups excluding carboxylic acids is 1. The number of halogens is 6. The normalized spacial score (nSPS) is 17.5. The van der Waals surface area contributed by atoms with E-state index in [-0.39, 0.29) is 22.9 Å². The maximum atomic E-state index is 13.6. The van der Waals surface area contributed by atoms with Crippen molar-refractivity contribution in [3.63, 3.8) is 0 Å². The molecule has 0 spiro atoms. The summed E-state index contributed by atoms with van der Waals surface area (Å²) in [5.74, 6) is -4.02. The maximum absolute atomic E-state index is 13.6. The molecule has 0 aliphatic carbocycles. The molecule has 0 saturated carbocycles. The molecule has 1 fully saturated rings. The number of nitrogens with zero attached hydrogens (tertiary/aromatic N) is 2. The van der Waals surface area contributed by atoms with Crippen LogP contribution in [-0.2, 0) is 11.0 Å². The first kappa shape index (κ1) is 16.7. The van der Waals surface area contributed by atoms with E-state index in [4.69, 9.17) is 11.6 Å². The van der Waals surface area contributed by atoms with Gasteiger partial charge in [-0.15, -0.1) is 5.10 Å². The molecule has 0 radical (unpaired) electrons. The molecule has 1 heterocycles. The largest absolute Gasteiger partial charge is 0.419 e. The van der Waals surface area contributed by atoms with E-state index in [1.807, 2.05) is 0 Å². The minimum Gasteiger partial charge on any atom is -0.303 e. The number of rotatable bonds is 2. The molecule has 0 bridgehead atoms. The molecule has 1 amide bonds. The zero-order valence-electron chi connectivity index (χ0n) is 10.3. The summed E-state index contributed by atoms with van der Waals surface area (Å²) in [6.45, 7) is 0. The predicted octanol–water partition coefficient (Wildman–Crippen LogP) is 3.19. The Balaban J connectivity index is 2.33. The van der Waals surface area contributed by atoms with Crippen LogP contribution in [0.2, 0.25) is 5.02 Å². The van der Waals surface area contributed by atoms with Crippen molar-refractivity contribution in [2.75, 3.05) is 5.75 Å². The Hall–Kier alpha value is -1.68. The Morgan fingerprint density at radius 1 is 1.32 bits per heavy atom. The second-order valence-electron chi connectivity index (χ2n) is 3.93. The van der Waals surface area contributed by atoms with Gasteiger partial charge in [-0.05, 0) is 6.07 Å². The number of hydrogen-bond donors (Lipinski definition) is 1. The third kappa shape index (κ3) is 3.55. The second-order valence-corrected chi connectivity index (χ2v) is 5.30. The molecule has 0 aromatic heterocycles. The van der Waals surface area contributed by atoms with Crippen molar-refractivity contribution in [1.29, 1.82) is 0 Å². The van der Waals surface area contributed by atoms with E-state index in [2.05, 4.69) is 15.5 Å². The summed E-state index contributed by atoms with van der Waals surface area (Å²) in [5, 5.41) is 8.65. The van der Waals surface area contributed by atoms with Gasteiger partial charge in [0, 0.05) is 0 Å². The van der Waals surface area contributed by atoms with Gasteiger partial charge < -0.3 is 5.32 Å². The van der Waals surface area contributed by atoms with Gasteiger partial charge in [-0.2, -0.15) is 18.3 Å². The Morgan fingerprint density at radius 2 is 2.00 bits per heavy atom. The zero-order valence-corrected chi connectivity index (χ0v) is 11.9. The number of carbonyl (C=O) groups is 1. The lowest BCUT2D eigenvalue weighted by molar-refractivity contribution is -0.140. The highest BCUT2D eigenvalue weighted by Gasteiger charge is 2.37. The molecule has 1 saturated heterocycles. The van der Waals surface area contributed by atoms with Crippen molar-refractivity contribution in [3.8, 4) is 0 Å². The molecule has 0 unspecified atom stereocenters. The van der Waals surface area contributed by atoms with Crippen molar-refractivity contribution in [3.05, 3.63) is 33.9 Å². The summed E-state index contributed by atoms with van der Waals surface area (Å²) < 4.78 is 64.5. The molecule has 118 valence electrons. The van der Waals surface area contributed by atoms with Gasteiger partial charge in [-0.25, -0.2) is 8.78 Å². The fourth-order valence-corrected chi connectivity index (χ4v) is 2.32. The second kappa shape index (κ2) is 6.21. The number of amides is 1. The fourth-order valence-electron chi connectivity index (χ4n) is 1.45. The quantitative estimate of drug-likeness (QED) is 0.382. The van der Waals surface area contributed by atoms with Crippen molar-refractivity contribution >= 4 is 40.7 Å². The van der Waals surface area contributed by atoms with Crippen LogP contribution >= 0.6 is 23.4 Å².